The largest absolute Gasteiger partial charge is 0.364 e. The molecule has 3 rings (SSSR count). The lowest BCUT2D eigenvalue weighted by Crippen LogP contribution is -2.34. The molecule has 0 aliphatic rings. The van der Waals surface area contributed by atoms with Crippen molar-refractivity contribution in [1.82, 2.24) is 25.0 Å². The van der Waals surface area contributed by atoms with Crippen LogP contribution in [0.15, 0.2) is 52.4 Å². The molecule has 3 aromatic rings. The number of nitrogens with zero attached hydrogens (tertiary/aromatic N) is 4. The Balaban J connectivity index is 1.87. The van der Waals surface area contributed by atoms with Gasteiger partial charge in [-0.3, -0.25) is 14.6 Å². The van der Waals surface area contributed by atoms with Crippen molar-refractivity contribution in [2.24, 2.45) is 0 Å². The molecule has 0 saturated carbocycles. The molecule has 0 unspecified atom stereocenters. The number of pyridine rings is 1. The summed E-state index contributed by atoms with van der Waals surface area (Å²) in [6.07, 6.45) is 5.91. The van der Waals surface area contributed by atoms with Crippen molar-refractivity contribution >= 4 is 5.91 Å². The maximum atomic E-state index is 12.5. The molecule has 0 aromatic carbocycles. The summed E-state index contributed by atoms with van der Waals surface area (Å²) in [7, 11) is 1.59. The molecule has 0 fully saturated rings. The van der Waals surface area contributed by atoms with E-state index < -0.39 is 11.5 Å². The van der Waals surface area contributed by atoms with E-state index in [9.17, 15) is 9.59 Å². The molecule has 0 saturated heterocycles. The summed E-state index contributed by atoms with van der Waals surface area (Å²) in [5.74, 6) is -0.0890. The van der Waals surface area contributed by atoms with E-state index in [1.165, 1.54) is 17.4 Å². The molecule has 3 heterocycles. The molecular weight excluding hydrogens is 310 g/mol. The second-order valence-electron chi connectivity index (χ2n) is 5.23. The molecule has 8 nitrogen and oxygen atoms in total. The van der Waals surface area contributed by atoms with Crippen molar-refractivity contribution in [2.75, 3.05) is 7.05 Å². The quantitative estimate of drug-likeness (QED) is 0.782. The summed E-state index contributed by atoms with van der Waals surface area (Å²) in [6.45, 7) is 1.79. The first-order valence-corrected chi connectivity index (χ1v) is 7.25. The Labute approximate surface area is 137 Å². The molecule has 122 valence electrons. The lowest BCUT2D eigenvalue weighted by Gasteiger charge is -2.22. The Hall–Kier alpha value is -3.29. The van der Waals surface area contributed by atoms with Crippen LogP contribution in [-0.2, 0) is 0 Å². The number of aromatic amines is 1. The molecule has 0 bridgehead atoms. The minimum Gasteiger partial charge on any atom is -0.364 e. The van der Waals surface area contributed by atoms with Gasteiger partial charge in [-0.2, -0.15) is 0 Å². The lowest BCUT2D eigenvalue weighted by molar-refractivity contribution is 0.0735. The molecule has 0 aliphatic heterocycles. The van der Waals surface area contributed by atoms with Crippen molar-refractivity contribution in [2.45, 2.75) is 13.0 Å². The highest BCUT2D eigenvalue weighted by molar-refractivity contribution is 5.93. The molecule has 3 aromatic heterocycles. The van der Waals surface area contributed by atoms with Gasteiger partial charge in [0.05, 0.1) is 6.04 Å². The number of H-pyrrole nitrogens is 1. The molecule has 0 radical (unpaired) electrons. The van der Waals surface area contributed by atoms with Gasteiger partial charge in [0.25, 0.3) is 11.5 Å². The zero-order valence-electron chi connectivity index (χ0n) is 13.1. The van der Waals surface area contributed by atoms with Crippen molar-refractivity contribution in [3.05, 3.63) is 64.7 Å². The van der Waals surface area contributed by atoms with Crippen molar-refractivity contribution < 1.29 is 9.32 Å². The summed E-state index contributed by atoms with van der Waals surface area (Å²) in [4.78, 5) is 37.0. The van der Waals surface area contributed by atoms with Crippen LogP contribution in [0, 0.1) is 0 Å². The van der Waals surface area contributed by atoms with Gasteiger partial charge in [-0.05, 0) is 19.1 Å². The third kappa shape index (κ3) is 2.94. The van der Waals surface area contributed by atoms with Crippen molar-refractivity contribution in [1.29, 1.82) is 0 Å². The third-order valence-electron chi connectivity index (χ3n) is 3.75. The lowest BCUT2D eigenvalue weighted by atomic mass is 10.2. The molecule has 0 aliphatic carbocycles. The number of hydrogen-bond acceptors (Lipinski definition) is 6. The second kappa shape index (κ2) is 6.45. The monoisotopic (exact) mass is 325 g/mol. The Kier molecular flexibility index (Phi) is 4.19. The number of aromatic nitrogens is 4. The normalized spacial score (nSPS) is 11.9. The summed E-state index contributed by atoms with van der Waals surface area (Å²) >= 11 is 0. The Bertz CT molecular complexity index is 890. The summed E-state index contributed by atoms with van der Waals surface area (Å²) in [5.41, 5.74) is 0.716. The van der Waals surface area contributed by atoms with Crippen LogP contribution in [0.2, 0.25) is 0 Å². The van der Waals surface area contributed by atoms with E-state index in [2.05, 4.69) is 20.1 Å². The van der Waals surface area contributed by atoms with Gasteiger partial charge in [-0.1, -0.05) is 5.16 Å². The predicted octanol–water partition coefficient (Wildman–Crippen LogP) is 1.65. The molecule has 24 heavy (non-hydrogen) atoms. The fourth-order valence-electron chi connectivity index (χ4n) is 2.20. The highest BCUT2D eigenvalue weighted by Gasteiger charge is 2.23. The van der Waals surface area contributed by atoms with Crippen LogP contribution in [0.5, 0.6) is 0 Å². The SMILES string of the molecule is C[C@H](c1ccon1)N(C)C(=O)c1cnc(-c2cccnc2)[nH]c1=O. The number of nitrogens with one attached hydrogen (secondary N) is 1. The van der Waals surface area contributed by atoms with Crippen molar-refractivity contribution in [3.8, 4) is 11.4 Å². The average molecular weight is 325 g/mol. The van der Waals surface area contributed by atoms with Crippen LogP contribution < -0.4 is 5.56 Å². The van der Waals surface area contributed by atoms with Gasteiger partial charge in [-0.25, -0.2) is 4.98 Å². The van der Waals surface area contributed by atoms with Crippen LogP contribution in [0.25, 0.3) is 11.4 Å². The van der Waals surface area contributed by atoms with E-state index in [0.29, 0.717) is 17.1 Å². The number of carbonyl (C=O) groups excluding carboxylic acids is 1. The minimum atomic E-state index is -0.506. The summed E-state index contributed by atoms with van der Waals surface area (Å²) in [5, 5.41) is 3.81. The zero-order valence-corrected chi connectivity index (χ0v) is 13.1. The van der Waals surface area contributed by atoms with Gasteiger partial charge in [-0.15, -0.1) is 0 Å². The first-order valence-electron chi connectivity index (χ1n) is 7.25. The van der Waals surface area contributed by atoms with Gasteiger partial charge < -0.3 is 14.4 Å². The van der Waals surface area contributed by atoms with E-state index in [4.69, 9.17) is 4.52 Å². The van der Waals surface area contributed by atoms with E-state index in [0.717, 1.165) is 0 Å². The topological polar surface area (TPSA) is 105 Å². The van der Waals surface area contributed by atoms with Gasteiger partial charge in [0.15, 0.2) is 0 Å². The highest BCUT2D eigenvalue weighted by atomic mass is 16.5. The first kappa shape index (κ1) is 15.6. The molecular formula is C16H15N5O3. The summed E-state index contributed by atoms with van der Waals surface area (Å²) < 4.78 is 4.79. The molecule has 0 spiro atoms. The predicted molar refractivity (Wildman–Crippen MR) is 85.1 cm³/mol. The maximum absolute atomic E-state index is 12.5. The average Bonchev–Trinajstić information content (AvgIpc) is 3.15. The number of rotatable bonds is 4. The van der Waals surface area contributed by atoms with Crippen LogP contribution in [0.4, 0.5) is 0 Å². The maximum Gasteiger partial charge on any atom is 0.264 e. The van der Waals surface area contributed by atoms with Gasteiger partial charge >= 0.3 is 0 Å². The van der Waals surface area contributed by atoms with Crippen LogP contribution in [-0.4, -0.2) is 38.0 Å². The highest BCUT2D eigenvalue weighted by Crippen LogP contribution is 2.18. The Morgan fingerprint density at radius 2 is 2.17 bits per heavy atom. The Morgan fingerprint density at radius 1 is 1.33 bits per heavy atom. The van der Waals surface area contributed by atoms with E-state index in [-0.39, 0.29) is 11.6 Å². The minimum absolute atomic E-state index is 0.0412. The van der Waals surface area contributed by atoms with Gasteiger partial charge in [0.2, 0.25) is 0 Å². The summed E-state index contributed by atoms with van der Waals surface area (Å²) in [6, 6.07) is 4.84. The fourth-order valence-corrected chi connectivity index (χ4v) is 2.20. The van der Waals surface area contributed by atoms with Crippen LogP contribution >= 0.6 is 0 Å². The van der Waals surface area contributed by atoms with E-state index in [1.54, 1.807) is 44.6 Å². The van der Waals surface area contributed by atoms with Crippen LogP contribution in [0.1, 0.15) is 29.0 Å². The van der Waals surface area contributed by atoms with Gasteiger partial charge in [0.1, 0.15) is 23.3 Å². The fraction of sp³-hybridized carbons (Fsp3) is 0.188. The third-order valence-corrected chi connectivity index (χ3v) is 3.75. The standard InChI is InChI=1S/C16H15N5O3/c1-10(13-5-7-24-20-13)21(2)16(23)12-9-18-14(19-15(12)22)11-4-3-6-17-8-11/h3-10H,1-2H3,(H,18,19,22)/t10-/m1/s1. The number of amides is 1. The molecule has 1 N–H and O–H groups in total. The second-order valence-corrected chi connectivity index (χ2v) is 5.23. The van der Waals surface area contributed by atoms with E-state index >= 15 is 0 Å². The molecule has 8 heteroatoms. The van der Waals surface area contributed by atoms with Gasteiger partial charge in [0, 0.05) is 37.3 Å². The zero-order chi connectivity index (χ0) is 17.1. The van der Waals surface area contributed by atoms with E-state index in [1.807, 2.05) is 0 Å². The number of carbonyl (C=O) groups is 1. The first-order chi connectivity index (χ1) is 11.6. The molecule has 1 atom stereocenters. The molecule has 1 amide bonds. The smallest absolute Gasteiger partial charge is 0.264 e. The Morgan fingerprint density at radius 3 is 2.79 bits per heavy atom. The van der Waals surface area contributed by atoms with Crippen LogP contribution in [0.3, 0.4) is 0 Å². The van der Waals surface area contributed by atoms with Crippen molar-refractivity contribution in [3.63, 3.8) is 0 Å². The number of hydrogen-bond donors (Lipinski definition) is 1.